The van der Waals surface area contributed by atoms with Crippen molar-refractivity contribution in [1.82, 2.24) is 5.06 Å². The van der Waals surface area contributed by atoms with Crippen LogP contribution in [0.1, 0.15) is 20.7 Å². The van der Waals surface area contributed by atoms with E-state index in [-0.39, 0.29) is 29.4 Å². The molecule has 12 heteroatoms. The van der Waals surface area contributed by atoms with E-state index in [1.165, 1.54) is 31.0 Å². The van der Waals surface area contributed by atoms with Gasteiger partial charge in [0.15, 0.2) is 0 Å². The van der Waals surface area contributed by atoms with Crippen LogP contribution in [0.5, 0.6) is 0 Å². The molecule has 0 saturated carbocycles. The first-order valence-corrected chi connectivity index (χ1v) is 10.1. The Morgan fingerprint density at radius 1 is 1.10 bits per heavy atom. The zero-order chi connectivity index (χ0) is 21.9. The third-order valence-electron chi connectivity index (χ3n) is 3.97. The van der Waals surface area contributed by atoms with Gasteiger partial charge in [0.05, 0.1) is 24.8 Å². The van der Waals surface area contributed by atoms with Crippen molar-refractivity contribution in [2.45, 2.75) is 10.4 Å². The van der Waals surface area contributed by atoms with Gasteiger partial charge in [-0.25, -0.2) is 4.79 Å². The summed E-state index contributed by atoms with van der Waals surface area (Å²) in [5.74, 6) is -1.96. The van der Waals surface area contributed by atoms with Gasteiger partial charge < -0.3 is 9.47 Å². The Hall–Kier alpha value is -2.28. The monoisotopic (exact) mass is 461 g/mol. The highest BCUT2D eigenvalue weighted by Crippen LogP contribution is 2.38. The first kappa shape index (κ1) is 22.4. The number of hydroxylamine groups is 2. The van der Waals surface area contributed by atoms with E-state index in [1.54, 1.807) is 18.2 Å². The molecule has 7 nitrogen and oxygen atoms in total. The second-order valence-corrected chi connectivity index (χ2v) is 7.74. The topological polar surface area (TPSA) is 82.1 Å². The van der Waals surface area contributed by atoms with Gasteiger partial charge in [0.2, 0.25) is 0 Å². The maximum Gasteiger partial charge on any atom is 0.470 e. The minimum absolute atomic E-state index is 0.0641. The number of amides is 2. The van der Waals surface area contributed by atoms with E-state index < -0.39 is 35.3 Å². The van der Waals surface area contributed by atoms with Crippen LogP contribution in [0.3, 0.4) is 0 Å². The largest absolute Gasteiger partial charge is 0.470 e. The summed E-state index contributed by atoms with van der Waals surface area (Å²) >= 11 is 0.448. The molecule has 1 aliphatic heterocycles. The van der Waals surface area contributed by atoms with Gasteiger partial charge in [0.1, 0.15) is 18.6 Å². The molecule has 0 N–H and O–H groups in total. The molecule has 2 aromatic rings. The number of carbonyl (C=O) groups is 3. The summed E-state index contributed by atoms with van der Waals surface area (Å²) in [7, 11) is 1.26. The molecule has 1 heterocycles. The number of esters is 1. The van der Waals surface area contributed by atoms with Crippen LogP contribution in [-0.2, 0) is 18.6 Å². The standard InChI is InChI=1S/C18H14F3NO6S2/c1-26-14(23)9-27-7-8-29-13-6-5-12-15-10(13)3-2-4-11(15)16(24)22(17(12)25)28-30-18(19,20)21/h2-6H,7-9H2,1H3. The van der Waals surface area contributed by atoms with Crippen LogP contribution in [0.25, 0.3) is 10.8 Å². The third-order valence-corrected chi connectivity index (χ3v) is 5.42. The molecule has 0 aromatic heterocycles. The summed E-state index contributed by atoms with van der Waals surface area (Å²) in [6.45, 7) is 0.0898. The van der Waals surface area contributed by atoms with E-state index in [2.05, 4.69) is 9.02 Å². The molecule has 1 aliphatic rings. The van der Waals surface area contributed by atoms with Crippen molar-refractivity contribution in [3.8, 4) is 0 Å². The van der Waals surface area contributed by atoms with Gasteiger partial charge in [-0.2, -0.15) is 17.5 Å². The van der Waals surface area contributed by atoms with E-state index in [0.29, 0.717) is 16.5 Å². The molecule has 30 heavy (non-hydrogen) atoms. The zero-order valence-electron chi connectivity index (χ0n) is 15.4. The van der Waals surface area contributed by atoms with Crippen molar-refractivity contribution < 1.29 is 41.3 Å². The molecule has 0 unspecified atom stereocenters. The average Bonchev–Trinajstić information content (AvgIpc) is 2.71. The Morgan fingerprint density at radius 2 is 1.80 bits per heavy atom. The average molecular weight is 461 g/mol. The third kappa shape index (κ3) is 4.89. The number of thioether (sulfide) groups is 1. The molecule has 0 atom stereocenters. The fraction of sp³-hybridized carbons (Fsp3) is 0.278. The van der Waals surface area contributed by atoms with Gasteiger partial charge in [-0.05, 0) is 23.6 Å². The van der Waals surface area contributed by atoms with E-state index >= 15 is 0 Å². The van der Waals surface area contributed by atoms with Crippen molar-refractivity contribution in [3.63, 3.8) is 0 Å². The maximum atomic E-state index is 12.6. The lowest BCUT2D eigenvalue weighted by Crippen LogP contribution is -2.39. The summed E-state index contributed by atoms with van der Waals surface area (Å²) in [5, 5.41) is 1.07. The van der Waals surface area contributed by atoms with Crippen LogP contribution < -0.4 is 0 Å². The number of carbonyl (C=O) groups excluding carboxylic acids is 3. The quantitative estimate of drug-likeness (QED) is 0.193. The van der Waals surface area contributed by atoms with Crippen LogP contribution in [0.2, 0.25) is 0 Å². The minimum Gasteiger partial charge on any atom is -0.467 e. The van der Waals surface area contributed by atoms with Gasteiger partial charge in [-0.1, -0.05) is 12.1 Å². The number of hydrogen-bond donors (Lipinski definition) is 0. The smallest absolute Gasteiger partial charge is 0.467 e. The molecule has 160 valence electrons. The summed E-state index contributed by atoms with van der Waals surface area (Å²) in [4.78, 5) is 36.9. The zero-order valence-corrected chi connectivity index (χ0v) is 17.0. The summed E-state index contributed by atoms with van der Waals surface area (Å²) in [5.41, 5.74) is -4.65. The second kappa shape index (κ2) is 9.25. The Balaban J connectivity index is 1.81. The number of imide groups is 1. The lowest BCUT2D eigenvalue weighted by atomic mass is 9.95. The Labute approximate surface area is 177 Å². The fourth-order valence-electron chi connectivity index (χ4n) is 2.75. The molecular weight excluding hydrogens is 447 g/mol. The molecule has 2 amide bonds. The molecular formula is C18H14F3NO6S2. The normalized spacial score (nSPS) is 13.8. The first-order valence-electron chi connectivity index (χ1n) is 8.37. The van der Waals surface area contributed by atoms with E-state index in [4.69, 9.17) is 4.74 Å². The molecule has 0 fully saturated rings. The van der Waals surface area contributed by atoms with Crippen molar-refractivity contribution >= 4 is 52.4 Å². The predicted octanol–water partition coefficient (Wildman–Crippen LogP) is 3.82. The number of halogens is 3. The lowest BCUT2D eigenvalue weighted by molar-refractivity contribution is -0.145. The number of nitrogens with zero attached hydrogens (tertiary/aromatic N) is 1. The minimum atomic E-state index is -4.77. The lowest BCUT2D eigenvalue weighted by Gasteiger charge is -2.25. The maximum absolute atomic E-state index is 12.6. The number of benzene rings is 2. The number of alkyl halides is 3. The Bertz CT molecular complexity index is 976. The van der Waals surface area contributed by atoms with Crippen LogP contribution >= 0.6 is 23.8 Å². The van der Waals surface area contributed by atoms with Crippen molar-refractivity contribution in [2.24, 2.45) is 0 Å². The van der Waals surface area contributed by atoms with E-state index in [0.717, 1.165) is 4.90 Å². The fourth-order valence-corrected chi connectivity index (χ4v) is 3.95. The molecule has 0 bridgehead atoms. The van der Waals surface area contributed by atoms with Crippen molar-refractivity contribution in [2.75, 3.05) is 26.1 Å². The molecule has 2 aromatic carbocycles. The highest BCUT2D eigenvalue weighted by atomic mass is 32.2. The highest BCUT2D eigenvalue weighted by molar-refractivity contribution is 7.99. The predicted molar refractivity (Wildman–Crippen MR) is 103 cm³/mol. The number of hydrogen-bond acceptors (Lipinski definition) is 8. The number of methoxy groups -OCH3 is 1. The van der Waals surface area contributed by atoms with Gasteiger partial charge in [0.25, 0.3) is 11.8 Å². The van der Waals surface area contributed by atoms with Gasteiger partial charge >= 0.3 is 11.5 Å². The molecule has 0 spiro atoms. The second-order valence-electron chi connectivity index (χ2n) is 5.82. The number of ether oxygens (including phenoxy) is 2. The van der Waals surface area contributed by atoms with Gasteiger partial charge in [-0.3, -0.25) is 9.59 Å². The van der Waals surface area contributed by atoms with Crippen LogP contribution in [0.4, 0.5) is 13.2 Å². The molecule has 0 aliphatic carbocycles. The summed E-state index contributed by atoms with van der Waals surface area (Å²) in [6.07, 6.45) is 0. The van der Waals surface area contributed by atoms with Crippen LogP contribution in [-0.4, -0.2) is 54.4 Å². The van der Waals surface area contributed by atoms with Crippen molar-refractivity contribution in [1.29, 1.82) is 0 Å². The Morgan fingerprint density at radius 3 is 2.47 bits per heavy atom. The first-order chi connectivity index (χ1) is 14.2. The van der Waals surface area contributed by atoms with Gasteiger partial charge in [0, 0.05) is 16.0 Å². The van der Waals surface area contributed by atoms with Crippen molar-refractivity contribution in [3.05, 3.63) is 41.5 Å². The summed E-state index contributed by atoms with van der Waals surface area (Å²) in [6, 6.07) is 7.77. The molecule has 0 saturated heterocycles. The molecule has 3 rings (SSSR count). The van der Waals surface area contributed by atoms with Gasteiger partial charge in [-0.15, -0.1) is 16.8 Å². The van der Waals surface area contributed by atoms with E-state index in [9.17, 15) is 27.6 Å². The van der Waals surface area contributed by atoms with Crippen LogP contribution in [0, 0.1) is 0 Å². The Kier molecular flexibility index (Phi) is 6.91. The van der Waals surface area contributed by atoms with Crippen LogP contribution in [0.15, 0.2) is 35.2 Å². The highest BCUT2D eigenvalue weighted by Gasteiger charge is 2.39. The SMILES string of the molecule is COC(=O)COCCSc1ccc2c3c(cccc13)C(=O)N(OSC(F)(F)F)C2=O. The van der Waals surface area contributed by atoms with E-state index in [1.807, 2.05) is 0 Å². The number of rotatable bonds is 8. The summed E-state index contributed by atoms with van der Waals surface area (Å²) < 4.78 is 51.3. The molecule has 0 radical (unpaired) electrons.